The van der Waals surface area contributed by atoms with Crippen molar-refractivity contribution in [2.75, 3.05) is 20.3 Å². The largest absolute Gasteiger partial charge is 0.382 e. The van der Waals surface area contributed by atoms with Gasteiger partial charge in [-0.15, -0.1) is 0 Å². The Morgan fingerprint density at radius 1 is 1.22 bits per heavy atom. The quantitative estimate of drug-likeness (QED) is 0.759. The van der Waals surface area contributed by atoms with Crippen molar-refractivity contribution in [1.29, 1.82) is 0 Å². The fraction of sp³-hybridized carbons (Fsp3) is 1.00. The molecule has 2 aliphatic rings. The van der Waals surface area contributed by atoms with E-state index >= 15 is 0 Å². The number of nitrogens with one attached hydrogen (secondary N) is 1. The predicted octanol–water partition coefficient (Wildman–Crippen LogP) is 2.74. The second kappa shape index (κ2) is 6.36. The lowest BCUT2D eigenvalue weighted by molar-refractivity contribution is -0.127. The monoisotopic (exact) mass is 255 g/mol. The molecule has 0 amide bonds. The summed E-state index contributed by atoms with van der Waals surface area (Å²) in [5.74, 6) is 0.861. The van der Waals surface area contributed by atoms with Gasteiger partial charge in [0.05, 0.1) is 18.3 Å². The maximum atomic E-state index is 6.36. The van der Waals surface area contributed by atoms with E-state index in [-0.39, 0.29) is 11.7 Å². The molecule has 0 bridgehead atoms. The van der Waals surface area contributed by atoms with Crippen molar-refractivity contribution in [3.05, 3.63) is 0 Å². The van der Waals surface area contributed by atoms with Crippen LogP contribution in [0.5, 0.6) is 0 Å². The maximum absolute atomic E-state index is 6.36. The van der Waals surface area contributed by atoms with Gasteiger partial charge < -0.3 is 14.8 Å². The molecule has 0 aliphatic heterocycles. The summed E-state index contributed by atoms with van der Waals surface area (Å²) in [5.41, 5.74) is 0.0625. The molecule has 0 spiro atoms. The number of rotatable bonds is 7. The molecule has 2 aliphatic carbocycles. The van der Waals surface area contributed by atoms with E-state index in [1.54, 1.807) is 7.11 Å². The highest BCUT2D eigenvalue weighted by Crippen LogP contribution is 2.36. The van der Waals surface area contributed by atoms with Crippen molar-refractivity contribution < 1.29 is 9.47 Å². The molecule has 0 aromatic heterocycles. The normalized spacial score (nSPS) is 34.5. The molecule has 0 heterocycles. The van der Waals surface area contributed by atoms with Crippen LogP contribution in [-0.2, 0) is 9.47 Å². The van der Waals surface area contributed by atoms with E-state index in [2.05, 4.69) is 19.2 Å². The summed E-state index contributed by atoms with van der Waals surface area (Å²) in [5, 5.41) is 3.66. The summed E-state index contributed by atoms with van der Waals surface area (Å²) in [6.07, 6.45) is 7.88. The van der Waals surface area contributed by atoms with Crippen molar-refractivity contribution >= 4 is 0 Å². The third kappa shape index (κ3) is 4.22. The minimum atomic E-state index is 0.0625. The molecule has 2 saturated carbocycles. The summed E-state index contributed by atoms with van der Waals surface area (Å²) in [7, 11) is 1.75. The number of hydrogen-bond acceptors (Lipinski definition) is 3. The van der Waals surface area contributed by atoms with Gasteiger partial charge in [-0.1, -0.05) is 6.92 Å². The summed E-state index contributed by atoms with van der Waals surface area (Å²) >= 11 is 0. The highest BCUT2D eigenvalue weighted by molar-refractivity contribution is 4.92. The molecule has 1 unspecified atom stereocenters. The maximum Gasteiger partial charge on any atom is 0.0811 e. The smallest absolute Gasteiger partial charge is 0.0811 e. The first kappa shape index (κ1) is 14.3. The molecule has 106 valence electrons. The highest BCUT2D eigenvalue weighted by atomic mass is 16.5. The molecule has 2 rings (SSSR count). The Bertz CT molecular complexity index is 245. The standard InChI is InChI=1S/C15H29NO2/c1-12-6-8-15(9-7-12,11-16-14-4-5-14)18-13(2)10-17-3/h12-14,16H,4-11H2,1-3H3. The van der Waals surface area contributed by atoms with Crippen LogP contribution in [0.4, 0.5) is 0 Å². The average molecular weight is 255 g/mol. The van der Waals surface area contributed by atoms with Crippen LogP contribution in [-0.4, -0.2) is 38.0 Å². The van der Waals surface area contributed by atoms with Gasteiger partial charge in [0, 0.05) is 19.7 Å². The van der Waals surface area contributed by atoms with Crippen molar-refractivity contribution in [2.45, 2.75) is 70.1 Å². The zero-order valence-electron chi connectivity index (χ0n) is 12.2. The molecule has 18 heavy (non-hydrogen) atoms. The van der Waals surface area contributed by atoms with E-state index in [1.165, 1.54) is 38.5 Å². The van der Waals surface area contributed by atoms with Gasteiger partial charge >= 0.3 is 0 Å². The topological polar surface area (TPSA) is 30.5 Å². The average Bonchev–Trinajstić information content (AvgIpc) is 3.15. The fourth-order valence-electron chi connectivity index (χ4n) is 2.94. The molecule has 0 aromatic rings. The van der Waals surface area contributed by atoms with Crippen molar-refractivity contribution in [1.82, 2.24) is 5.32 Å². The molecule has 2 fully saturated rings. The van der Waals surface area contributed by atoms with Gasteiger partial charge in [-0.05, 0) is 51.4 Å². The molecule has 3 nitrogen and oxygen atoms in total. The number of methoxy groups -OCH3 is 1. The SMILES string of the molecule is COCC(C)OC1(CNC2CC2)CCC(C)CC1. The summed E-state index contributed by atoms with van der Waals surface area (Å²) < 4.78 is 11.6. The number of hydrogen-bond donors (Lipinski definition) is 1. The zero-order valence-corrected chi connectivity index (χ0v) is 12.2. The van der Waals surface area contributed by atoms with Crippen LogP contribution in [0.3, 0.4) is 0 Å². The Morgan fingerprint density at radius 3 is 2.44 bits per heavy atom. The van der Waals surface area contributed by atoms with Crippen molar-refractivity contribution in [3.63, 3.8) is 0 Å². The molecule has 0 aromatic carbocycles. The van der Waals surface area contributed by atoms with Crippen molar-refractivity contribution in [3.8, 4) is 0 Å². The summed E-state index contributed by atoms with van der Waals surface area (Å²) in [6, 6.07) is 0.766. The van der Waals surface area contributed by atoms with Gasteiger partial charge in [0.2, 0.25) is 0 Å². The Hall–Kier alpha value is -0.120. The van der Waals surface area contributed by atoms with E-state index in [0.717, 1.165) is 18.5 Å². The minimum absolute atomic E-state index is 0.0625. The Morgan fingerprint density at radius 2 is 1.89 bits per heavy atom. The molecule has 0 saturated heterocycles. The lowest BCUT2D eigenvalue weighted by Gasteiger charge is -2.41. The van der Waals surface area contributed by atoms with E-state index in [4.69, 9.17) is 9.47 Å². The fourth-order valence-corrected chi connectivity index (χ4v) is 2.94. The first-order chi connectivity index (χ1) is 8.63. The van der Waals surface area contributed by atoms with E-state index in [0.29, 0.717) is 6.61 Å². The van der Waals surface area contributed by atoms with Gasteiger partial charge in [0.1, 0.15) is 0 Å². The first-order valence-corrected chi connectivity index (χ1v) is 7.54. The van der Waals surface area contributed by atoms with Gasteiger partial charge in [-0.2, -0.15) is 0 Å². The van der Waals surface area contributed by atoms with E-state index < -0.39 is 0 Å². The number of ether oxygens (including phenoxy) is 2. The second-order valence-corrected chi connectivity index (χ2v) is 6.40. The Labute approximate surface area is 112 Å². The third-order valence-corrected chi connectivity index (χ3v) is 4.33. The summed E-state index contributed by atoms with van der Waals surface area (Å²) in [6.45, 7) is 6.20. The highest BCUT2D eigenvalue weighted by Gasteiger charge is 2.37. The van der Waals surface area contributed by atoms with Gasteiger partial charge in [0.25, 0.3) is 0 Å². The third-order valence-electron chi connectivity index (χ3n) is 4.33. The van der Waals surface area contributed by atoms with Crippen LogP contribution < -0.4 is 5.32 Å². The second-order valence-electron chi connectivity index (χ2n) is 6.40. The van der Waals surface area contributed by atoms with Crippen LogP contribution >= 0.6 is 0 Å². The van der Waals surface area contributed by atoms with Crippen LogP contribution in [0.2, 0.25) is 0 Å². The van der Waals surface area contributed by atoms with E-state index in [9.17, 15) is 0 Å². The predicted molar refractivity (Wildman–Crippen MR) is 73.8 cm³/mol. The Kier molecular flexibility index (Phi) is 5.05. The lowest BCUT2D eigenvalue weighted by Crippen LogP contribution is -2.48. The van der Waals surface area contributed by atoms with Crippen LogP contribution in [0, 0.1) is 5.92 Å². The molecule has 0 radical (unpaired) electrons. The zero-order chi connectivity index (χ0) is 13.0. The van der Waals surface area contributed by atoms with Gasteiger partial charge in [0.15, 0.2) is 0 Å². The molecular formula is C15H29NO2. The Balaban J connectivity index is 1.87. The minimum Gasteiger partial charge on any atom is -0.382 e. The summed E-state index contributed by atoms with van der Waals surface area (Å²) in [4.78, 5) is 0. The van der Waals surface area contributed by atoms with Crippen LogP contribution in [0.1, 0.15) is 52.4 Å². The van der Waals surface area contributed by atoms with Gasteiger partial charge in [-0.25, -0.2) is 0 Å². The molecule has 3 heteroatoms. The lowest BCUT2D eigenvalue weighted by atomic mass is 9.79. The van der Waals surface area contributed by atoms with Crippen molar-refractivity contribution in [2.24, 2.45) is 5.92 Å². The van der Waals surface area contributed by atoms with E-state index in [1.807, 2.05) is 0 Å². The van der Waals surface area contributed by atoms with Crippen LogP contribution in [0.25, 0.3) is 0 Å². The molecular weight excluding hydrogens is 226 g/mol. The molecule has 1 atom stereocenters. The van der Waals surface area contributed by atoms with Gasteiger partial charge in [-0.3, -0.25) is 0 Å². The first-order valence-electron chi connectivity index (χ1n) is 7.54. The molecule has 1 N–H and O–H groups in total. The van der Waals surface area contributed by atoms with Crippen LogP contribution in [0.15, 0.2) is 0 Å².